The van der Waals surface area contributed by atoms with E-state index in [1.165, 1.54) is 24.8 Å². The van der Waals surface area contributed by atoms with Gasteiger partial charge in [0.05, 0.1) is 13.2 Å². The predicted octanol–water partition coefficient (Wildman–Crippen LogP) is 0.530. The second-order valence-corrected chi connectivity index (χ2v) is 7.52. The molecule has 3 fully saturated rings. The maximum Gasteiger partial charge on any atom is 0.241 e. The van der Waals surface area contributed by atoms with Crippen LogP contribution in [0.1, 0.15) is 31.2 Å². The maximum atomic E-state index is 12.7. The normalized spacial score (nSPS) is 30.5. The fourth-order valence-corrected chi connectivity index (χ4v) is 4.39. The second-order valence-electron chi connectivity index (χ2n) is 7.52. The summed E-state index contributed by atoms with van der Waals surface area (Å²) < 4.78 is 5.36. The molecule has 26 heavy (non-hydrogen) atoms. The van der Waals surface area contributed by atoms with Crippen molar-refractivity contribution >= 4 is 5.91 Å². The first-order valence-corrected chi connectivity index (χ1v) is 9.82. The zero-order valence-corrected chi connectivity index (χ0v) is 15.3. The van der Waals surface area contributed by atoms with Gasteiger partial charge in [-0.05, 0) is 37.4 Å². The van der Waals surface area contributed by atoms with Crippen LogP contribution in [0.4, 0.5) is 0 Å². The van der Waals surface area contributed by atoms with Gasteiger partial charge in [-0.1, -0.05) is 12.5 Å². The number of aromatic nitrogens is 1. The number of piperidine rings is 1. The molecule has 0 aliphatic carbocycles. The molecule has 142 valence electrons. The number of carbonyl (C=O) groups excluding carboxylic acids is 1. The van der Waals surface area contributed by atoms with Gasteiger partial charge in [-0.3, -0.25) is 20.1 Å². The summed E-state index contributed by atoms with van der Waals surface area (Å²) in [5.41, 5.74) is 7.95. The third-order valence-corrected chi connectivity index (χ3v) is 5.79. The van der Waals surface area contributed by atoms with Gasteiger partial charge in [-0.15, -0.1) is 0 Å². The fraction of sp³-hybridized carbons (Fsp3) is 0.684. The van der Waals surface area contributed by atoms with Crippen LogP contribution in [0.5, 0.6) is 0 Å². The van der Waals surface area contributed by atoms with Crippen LogP contribution in [0, 0.1) is 0 Å². The molecule has 2 N–H and O–H groups in total. The summed E-state index contributed by atoms with van der Waals surface area (Å²) >= 11 is 0. The van der Waals surface area contributed by atoms with Gasteiger partial charge in [0.25, 0.3) is 0 Å². The van der Waals surface area contributed by atoms with Gasteiger partial charge in [0, 0.05) is 44.1 Å². The highest BCUT2D eigenvalue weighted by Gasteiger charge is 2.39. The molecule has 0 spiro atoms. The Balaban J connectivity index is 1.37. The second kappa shape index (κ2) is 8.43. The Labute approximate surface area is 155 Å². The molecule has 1 aromatic rings. The number of carbonyl (C=O) groups is 1. The van der Waals surface area contributed by atoms with Crippen molar-refractivity contribution in [2.45, 2.75) is 50.4 Å². The molecule has 3 aliphatic heterocycles. The molecular formula is C19H29N5O2. The Hall–Kier alpha value is -1.54. The number of hydrogen-bond acceptors (Lipinski definition) is 6. The molecule has 3 aliphatic rings. The number of nitrogens with zero attached hydrogens (tertiary/aromatic N) is 3. The fourth-order valence-electron chi connectivity index (χ4n) is 4.39. The molecule has 0 radical (unpaired) electrons. The Bertz CT molecular complexity index is 593. The van der Waals surface area contributed by atoms with Gasteiger partial charge in [-0.2, -0.15) is 0 Å². The summed E-state index contributed by atoms with van der Waals surface area (Å²) in [6.45, 7) is 4.75. The van der Waals surface area contributed by atoms with E-state index in [2.05, 4.69) is 26.8 Å². The molecule has 7 heteroatoms. The molecule has 0 aromatic carbocycles. The van der Waals surface area contributed by atoms with Crippen molar-refractivity contribution in [2.75, 3.05) is 32.8 Å². The summed E-state index contributed by atoms with van der Waals surface area (Å²) in [5.74, 6) is 0.206. The van der Waals surface area contributed by atoms with Crippen LogP contribution in [0.25, 0.3) is 0 Å². The lowest BCUT2D eigenvalue weighted by Crippen LogP contribution is -2.51. The number of nitrogens with one attached hydrogen (secondary N) is 2. The largest absolute Gasteiger partial charge is 0.378 e. The van der Waals surface area contributed by atoms with Crippen molar-refractivity contribution in [3.8, 4) is 0 Å². The smallest absolute Gasteiger partial charge is 0.241 e. The third kappa shape index (κ3) is 4.06. The average Bonchev–Trinajstić information content (AvgIpc) is 3.19. The SMILES string of the molecule is O=C(C1CC(C2CCCCN2Cc2cccnc2)NN1)N1CCOCC1. The van der Waals surface area contributed by atoms with E-state index < -0.39 is 0 Å². The summed E-state index contributed by atoms with van der Waals surface area (Å²) in [4.78, 5) is 21.5. The summed E-state index contributed by atoms with van der Waals surface area (Å²) in [7, 11) is 0. The summed E-state index contributed by atoms with van der Waals surface area (Å²) in [5, 5.41) is 0. The minimum atomic E-state index is -0.125. The van der Waals surface area contributed by atoms with Gasteiger partial charge in [0.1, 0.15) is 6.04 Å². The van der Waals surface area contributed by atoms with Crippen LogP contribution in [0.2, 0.25) is 0 Å². The predicted molar refractivity (Wildman–Crippen MR) is 98.1 cm³/mol. The van der Waals surface area contributed by atoms with E-state index in [-0.39, 0.29) is 11.9 Å². The number of rotatable bonds is 4. The molecule has 4 rings (SSSR count). The number of hydrazine groups is 1. The molecule has 0 bridgehead atoms. The Morgan fingerprint density at radius 2 is 2.12 bits per heavy atom. The number of pyridine rings is 1. The molecule has 0 saturated carbocycles. The van der Waals surface area contributed by atoms with E-state index >= 15 is 0 Å². The molecule has 7 nitrogen and oxygen atoms in total. The van der Waals surface area contributed by atoms with E-state index in [9.17, 15) is 4.79 Å². The van der Waals surface area contributed by atoms with Crippen molar-refractivity contribution < 1.29 is 9.53 Å². The first-order chi connectivity index (χ1) is 12.8. The van der Waals surface area contributed by atoms with Crippen molar-refractivity contribution in [1.29, 1.82) is 0 Å². The molecule has 1 aromatic heterocycles. The number of likely N-dealkylation sites (tertiary alicyclic amines) is 1. The van der Waals surface area contributed by atoms with Crippen LogP contribution in [-0.4, -0.2) is 71.7 Å². The van der Waals surface area contributed by atoms with Gasteiger partial charge < -0.3 is 9.64 Å². The molecule has 3 unspecified atom stereocenters. The lowest BCUT2D eigenvalue weighted by molar-refractivity contribution is -0.137. The highest BCUT2D eigenvalue weighted by molar-refractivity contribution is 5.82. The molecule has 3 atom stereocenters. The van der Waals surface area contributed by atoms with Crippen LogP contribution in [-0.2, 0) is 16.1 Å². The number of hydrogen-bond donors (Lipinski definition) is 2. The highest BCUT2D eigenvalue weighted by Crippen LogP contribution is 2.26. The topological polar surface area (TPSA) is 69.7 Å². The Morgan fingerprint density at radius 1 is 1.23 bits per heavy atom. The standard InChI is InChI=1S/C19H29N5O2/c25-19(23-8-10-26-11-9-23)17-12-16(21-22-17)18-5-1-2-7-24(18)14-15-4-3-6-20-13-15/h3-4,6,13,16-18,21-22H,1-2,5,7-12,14H2. The highest BCUT2D eigenvalue weighted by atomic mass is 16.5. The van der Waals surface area contributed by atoms with Crippen LogP contribution in [0.3, 0.4) is 0 Å². The minimum absolute atomic E-state index is 0.125. The first kappa shape index (κ1) is 17.9. The summed E-state index contributed by atoms with van der Waals surface area (Å²) in [6, 6.07) is 4.78. The number of ether oxygens (including phenoxy) is 1. The van der Waals surface area contributed by atoms with Gasteiger partial charge in [-0.25, -0.2) is 5.43 Å². The molecule has 4 heterocycles. The zero-order valence-electron chi connectivity index (χ0n) is 15.3. The van der Waals surface area contributed by atoms with Crippen LogP contribution >= 0.6 is 0 Å². The summed E-state index contributed by atoms with van der Waals surface area (Å²) in [6.07, 6.45) is 8.31. The molecule has 1 amide bonds. The molecular weight excluding hydrogens is 330 g/mol. The number of amides is 1. The van der Waals surface area contributed by atoms with Crippen molar-refractivity contribution in [1.82, 2.24) is 25.6 Å². The lowest BCUT2D eigenvalue weighted by atomic mass is 9.92. The van der Waals surface area contributed by atoms with E-state index in [0.29, 0.717) is 38.4 Å². The Morgan fingerprint density at radius 3 is 2.92 bits per heavy atom. The van der Waals surface area contributed by atoms with Crippen LogP contribution < -0.4 is 10.9 Å². The van der Waals surface area contributed by atoms with Crippen molar-refractivity contribution in [3.63, 3.8) is 0 Å². The first-order valence-electron chi connectivity index (χ1n) is 9.82. The van der Waals surface area contributed by atoms with E-state index in [0.717, 1.165) is 19.5 Å². The van der Waals surface area contributed by atoms with Gasteiger partial charge in [0.15, 0.2) is 0 Å². The maximum absolute atomic E-state index is 12.7. The van der Waals surface area contributed by atoms with E-state index in [4.69, 9.17) is 4.74 Å². The lowest BCUT2D eigenvalue weighted by Gasteiger charge is -2.39. The monoisotopic (exact) mass is 359 g/mol. The third-order valence-electron chi connectivity index (χ3n) is 5.79. The van der Waals surface area contributed by atoms with E-state index in [1.54, 1.807) is 0 Å². The quantitative estimate of drug-likeness (QED) is 0.817. The zero-order chi connectivity index (χ0) is 17.8. The molecule has 3 saturated heterocycles. The number of morpholine rings is 1. The van der Waals surface area contributed by atoms with Crippen molar-refractivity contribution in [3.05, 3.63) is 30.1 Å². The van der Waals surface area contributed by atoms with Gasteiger partial charge >= 0.3 is 0 Å². The van der Waals surface area contributed by atoms with E-state index in [1.807, 2.05) is 23.4 Å². The average molecular weight is 359 g/mol. The van der Waals surface area contributed by atoms with Crippen molar-refractivity contribution in [2.24, 2.45) is 0 Å². The van der Waals surface area contributed by atoms with Gasteiger partial charge in [0.2, 0.25) is 5.91 Å². The van der Waals surface area contributed by atoms with Crippen LogP contribution in [0.15, 0.2) is 24.5 Å². The minimum Gasteiger partial charge on any atom is -0.378 e. The Kier molecular flexibility index (Phi) is 5.79.